The maximum absolute atomic E-state index is 12.4. The van der Waals surface area contributed by atoms with Gasteiger partial charge in [-0.05, 0) is 32.7 Å². The molecule has 1 amide bonds. The number of hydrogen-bond donors (Lipinski definition) is 5. The van der Waals surface area contributed by atoms with Crippen LogP contribution in [0.2, 0.25) is 0 Å². The van der Waals surface area contributed by atoms with Crippen LogP contribution in [0.3, 0.4) is 0 Å². The fraction of sp³-hybridized carbons (Fsp3) is 0.950. The van der Waals surface area contributed by atoms with Gasteiger partial charge in [-0.25, -0.2) is 0 Å². The third kappa shape index (κ3) is 4.19. The van der Waals surface area contributed by atoms with Gasteiger partial charge in [-0.2, -0.15) is 0 Å². The zero-order valence-corrected chi connectivity index (χ0v) is 17.9. The molecule has 3 aliphatic rings. The van der Waals surface area contributed by atoms with Crippen LogP contribution in [0.15, 0.2) is 0 Å². The summed E-state index contributed by atoms with van der Waals surface area (Å²) < 4.78 is 17.9. The molecule has 29 heavy (non-hydrogen) atoms. The molecule has 9 heteroatoms. The zero-order valence-electron chi connectivity index (χ0n) is 17.9. The van der Waals surface area contributed by atoms with Gasteiger partial charge in [0.2, 0.25) is 18.0 Å². The number of fused-ring (bicyclic) bond motifs is 2. The van der Waals surface area contributed by atoms with E-state index in [0.29, 0.717) is 19.3 Å². The van der Waals surface area contributed by atoms with Gasteiger partial charge < -0.3 is 40.2 Å². The molecule has 0 aromatic rings. The molecule has 3 rings (SSSR count). The number of aliphatic hydroxyl groups excluding tert-OH is 2. The molecule has 9 nitrogen and oxygen atoms in total. The Morgan fingerprint density at radius 1 is 1.21 bits per heavy atom. The number of carbonyl (C=O) groups excluding carboxylic acids is 1. The van der Waals surface area contributed by atoms with E-state index in [-0.39, 0.29) is 17.9 Å². The monoisotopic (exact) mass is 416 g/mol. The molecule has 2 aliphatic heterocycles. The van der Waals surface area contributed by atoms with E-state index in [1.807, 2.05) is 27.7 Å². The summed E-state index contributed by atoms with van der Waals surface area (Å²) >= 11 is 0. The minimum Gasteiger partial charge on any atom is -0.391 e. The number of nitrogens with one attached hydrogen (secondary N) is 2. The Morgan fingerprint density at radius 3 is 2.48 bits per heavy atom. The summed E-state index contributed by atoms with van der Waals surface area (Å²) in [5.74, 6) is -2.33. The van der Waals surface area contributed by atoms with E-state index in [1.165, 1.54) is 0 Å². The van der Waals surface area contributed by atoms with Gasteiger partial charge in [-0.1, -0.05) is 20.8 Å². The van der Waals surface area contributed by atoms with E-state index in [2.05, 4.69) is 10.6 Å². The Hall–Kier alpha value is -0.810. The lowest BCUT2D eigenvalue weighted by Crippen LogP contribution is -2.77. The summed E-state index contributed by atoms with van der Waals surface area (Å²) in [7, 11) is 1.69. The van der Waals surface area contributed by atoms with Gasteiger partial charge >= 0.3 is 0 Å². The molecular formula is C20H36N2O7. The SMILES string of the molecule is CC[C@@H]1[C@H](O)[C@H](NC)C2O[C@]3(O)C(OC2[C@H]1O)O[C@H](C)C[C@H]3NC(=O)CC(C)C. The number of carbonyl (C=O) groups is 1. The van der Waals surface area contributed by atoms with Gasteiger partial charge in [0, 0.05) is 12.3 Å². The van der Waals surface area contributed by atoms with Gasteiger partial charge in [-0.15, -0.1) is 0 Å². The number of ether oxygens (including phenoxy) is 3. The zero-order chi connectivity index (χ0) is 21.5. The van der Waals surface area contributed by atoms with Crippen molar-refractivity contribution in [3.63, 3.8) is 0 Å². The van der Waals surface area contributed by atoms with Crippen molar-refractivity contribution < 1.29 is 34.3 Å². The van der Waals surface area contributed by atoms with Crippen molar-refractivity contribution in [2.24, 2.45) is 11.8 Å². The molecular weight excluding hydrogens is 380 g/mol. The summed E-state index contributed by atoms with van der Waals surface area (Å²) in [6.07, 6.45) is -3.62. The molecule has 0 radical (unpaired) electrons. The van der Waals surface area contributed by atoms with Crippen molar-refractivity contribution >= 4 is 5.91 Å². The summed E-state index contributed by atoms with van der Waals surface area (Å²) in [6.45, 7) is 7.62. The Morgan fingerprint density at radius 2 is 1.90 bits per heavy atom. The number of amides is 1. The molecule has 5 N–H and O–H groups in total. The molecule has 1 aliphatic carbocycles. The highest BCUT2D eigenvalue weighted by molar-refractivity contribution is 5.76. The van der Waals surface area contributed by atoms with Gasteiger partial charge in [-0.3, -0.25) is 4.79 Å². The second kappa shape index (κ2) is 8.74. The molecule has 3 fully saturated rings. The van der Waals surface area contributed by atoms with Crippen LogP contribution in [0, 0.1) is 11.8 Å². The summed E-state index contributed by atoms with van der Waals surface area (Å²) in [4.78, 5) is 12.4. The highest BCUT2D eigenvalue weighted by atomic mass is 16.8. The Balaban J connectivity index is 1.87. The Kier molecular flexibility index (Phi) is 6.89. The lowest BCUT2D eigenvalue weighted by molar-refractivity contribution is -0.450. The van der Waals surface area contributed by atoms with Crippen LogP contribution in [0.5, 0.6) is 0 Å². The van der Waals surface area contributed by atoms with E-state index in [0.717, 1.165) is 0 Å². The number of likely N-dealkylation sites (N-methyl/N-ethyl adjacent to an activating group) is 1. The largest absolute Gasteiger partial charge is 0.391 e. The quantitative estimate of drug-likeness (QED) is 0.405. The molecule has 2 saturated heterocycles. The van der Waals surface area contributed by atoms with Crippen molar-refractivity contribution in [1.82, 2.24) is 10.6 Å². The first-order chi connectivity index (χ1) is 13.6. The van der Waals surface area contributed by atoms with Gasteiger partial charge in [0.25, 0.3) is 0 Å². The second-order valence-electron chi connectivity index (χ2n) is 9.04. The molecule has 0 aromatic heterocycles. The van der Waals surface area contributed by atoms with Gasteiger partial charge in [0.15, 0.2) is 0 Å². The highest BCUT2D eigenvalue weighted by Crippen LogP contribution is 2.43. The van der Waals surface area contributed by atoms with E-state index >= 15 is 0 Å². The first-order valence-corrected chi connectivity index (χ1v) is 10.7. The second-order valence-corrected chi connectivity index (χ2v) is 9.04. The third-order valence-electron chi connectivity index (χ3n) is 6.36. The van der Waals surface area contributed by atoms with Crippen molar-refractivity contribution in [1.29, 1.82) is 0 Å². The van der Waals surface area contributed by atoms with Crippen LogP contribution in [0.25, 0.3) is 0 Å². The average molecular weight is 417 g/mol. The summed E-state index contributed by atoms with van der Waals surface area (Å²) in [6, 6.07) is -1.29. The smallest absolute Gasteiger partial charge is 0.239 e. The molecule has 2 heterocycles. The van der Waals surface area contributed by atoms with E-state index < -0.39 is 54.5 Å². The minimum atomic E-state index is -1.92. The van der Waals surface area contributed by atoms with Gasteiger partial charge in [0.05, 0.1) is 30.4 Å². The van der Waals surface area contributed by atoms with Crippen molar-refractivity contribution in [3.05, 3.63) is 0 Å². The molecule has 3 unspecified atom stereocenters. The van der Waals surface area contributed by atoms with Crippen LogP contribution in [-0.4, -0.2) is 83.0 Å². The van der Waals surface area contributed by atoms with Crippen LogP contribution in [0.4, 0.5) is 0 Å². The lowest BCUT2D eigenvalue weighted by atomic mass is 9.74. The Bertz CT molecular complexity index is 591. The van der Waals surface area contributed by atoms with Crippen LogP contribution in [-0.2, 0) is 19.0 Å². The first-order valence-electron chi connectivity index (χ1n) is 10.7. The average Bonchev–Trinajstić information content (AvgIpc) is 2.62. The Labute approximate surface area is 172 Å². The molecule has 1 saturated carbocycles. The molecule has 0 aromatic carbocycles. The van der Waals surface area contributed by atoms with E-state index in [9.17, 15) is 20.1 Å². The maximum atomic E-state index is 12.4. The highest BCUT2D eigenvalue weighted by Gasteiger charge is 2.63. The number of rotatable bonds is 5. The fourth-order valence-corrected chi connectivity index (χ4v) is 4.86. The third-order valence-corrected chi connectivity index (χ3v) is 6.36. The van der Waals surface area contributed by atoms with Crippen molar-refractivity contribution in [2.75, 3.05) is 7.05 Å². The van der Waals surface area contributed by atoms with Gasteiger partial charge in [0.1, 0.15) is 12.2 Å². The summed E-state index contributed by atoms with van der Waals surface area (Å²) in [5, 5.41) is 38.9. The predicted octanol–water partition coefficient (Wildman–Crippen LogP) is -0.526. The molecule has 168 valence electrons. The van der Waals surface area contributed by atoms with Crippen molar-refractivity contribution in [2.45, 2.75) is 102 Å². The normalized spacial score (nSPS) is 47.4. The molecule has 0 spiro atoms. The topological polar surface area (TPSA) is 130 Å². The van der Waals surface area contributed by atoms with E-state index in [1.54, 1.807) is 7.05 Å². The molecule has 0 bridgehead atoms. The number of hydrogen-bond acceptors (Lipinski definition) is 8. The predicted molar refractivity (Wildman–Crippen MR) is 104 cm³/mol. The number of aliphatic hydroxyl groups is 3. The maximum Gasteiger partial charge on any atom is 0.239 e. The first kappa shape index (κ1) is 22.9. The van der Waals surface area contributed by atoms with Crippen LogP contribution in [0.1, 0.15) is 47.0 Å². The van der Waals surface area contributed by atoms with Crippen LogP contribution < -0.4 is 10.6 Å². The summed E-state index contributed by atoms with van der Waals surface area (Å²) in [5.41, 5.74) is 0. The lowest BCUT2D eigenvalue weighted by Gasteiger charge is -2.58. The van der Waals surface area contributed by atoms with E-state index in [4.69, 9.17) is 14.2 Å². The minimum absolute atomic E-state index is 0.175. The van der Waals surface area contributed by atoms with Crippen molar-refractivity contribution in [3.8, 4) is 0 Å². The standard InChI is InChI=1S/C20H36N2O7/c1-6-11-15(24)14(21-5)17-18(16(11)25)28-19-20(26,29-17)12(8-10(4)27-19)22-13(23)7-9(2)3/h9-12,14-19,21,24-26H,6-8H2,1-5H3,(H,22,23)/t10-,11-,12-,14+,15+,16+,17?,18?,19?,20+/m1/s1. The fourth-order valence-electron chi connectivity index (χ4n) is 4.86. The molecule has 10 atom stereocenters. The van der Waals surface area contributed by atoms with Crippen LogP contribution >= 0.6 is 0 Å².